The highest BCUT2D eigenvalue weighted by Gasteiger charge is 2.36. The van der Waals surface area contributed by atoms with Crippen LogP contribution < -0.4 is 5.73 Å². The molecule has 8 nitrogen and oxygen atoms in total. The average Bonchev–Trinajstić information content (AvgIpc) is 1.83. The Balaban J connectivity index is 4.23. The molecule has 0 atom stereocenters. The van der Waals surface area contributed by atoms with Crippen molar-refractivity contribution < 1.29 is 15.0 Å². The Labute approximate surface area is 67.3 Å². The standard InChI is InChI=1S/C4H9N3O5/c5-4(3-8,1-6(9)10)2-7(11)12/h8H,1-3,5H2. The SMILES string of the molecule is NC(CO)(C[N+](=O)[O-])C[N+](=O)[O-]. The summed E-state index contributed by atoms with van der Waals surface area (Å²) in [5.41, 5.74) is 3.41. The van der Waals surface area contributed by atoms with E-state index in [4.69, 9.17) is 10.8 Å². The van der Waals surface area contributed by atoms with Gasteiger partial charge in [0, 0.05) is 9.85 Å². The number of nitro groups is 2. The molecule has 0 aromatic heterocycles. The first-order valence-corrected chi connectivity index (χ1v) is 3.03. The molecule has 0 unspecified atom stereocenters. The predicted molar refractivity (Wildman–Crippen MR) is 37.7 cm³/mol. The van der Waals surface area contributed by atoms with Gasteiger partial charge in [-0.15, -0.1) is 0 Å². The molecule has 0 radical (unpaired) electrons. The van der Waals surface area contributed by atoms with E-state index in [-0.39, 0.29) is 0 Å². The lowest BCUT2D eigenvalue weighted by atomic mass is 10.0. The maximum Gasteiger partial charge on any atom is 0.230 e. The van der Waals surface area contributed by atoms with E-state index in [2.05, 4.69) is 0 Å². The molecule has 0 amide bonds. The van der Waals surface area contributed by atoms with E-state index in [1.165, 1.54) is 0 Å². The summed E-state index contributed by atoms with van der Waals surface area (Å²) in [4.78, 5) is 18.3. The van der Waals surface area contributed by atoms with Gasteiger partial charge in [-0.3, -0.25) is 20.2 Å². The van der Waals surface area contributed by atoms with E-state index in [9.17, 15) is 20.2 Å². The number of hydrogen-bond donors (Lipinski definition) is 2. The Morgan fingerprint density at radius 1 is 1.25 bits per heavy atom. The molecule has 8 heteroatoms. The minimum atomic E-state index is -1.76. The second-order valence-corrected chi connectivity index (χ2v) is 2.50. The van der Waals surface area contributed by atoms with Crippen molar-refractivity contribution >= 4 is 0 Å². The number of hydrogen-bond acceptors (Lipinski definition) is 6. The van der Waals surface area contributed by atoms with Gasteiger partial charge in [0.05, 0.1) is 6.61 Å². The lowest BCUT2D eigenvalue weighted by Gasteiger charge is -2.16. The van der Waals surface area contributed by atoms with Crippen molar-refractivity contribution in [2.45, 2.75) is 5.54 Å². The molecule has 0 fully saturated rings. The molecule has 3 N–H and O–H groups in total. The van der Waals surface area contributed by atoms with Crippen molar-refractivity contribution in [3.05, 3.63) is 20.2 Å². The van der Waals surface area contributed by atoms with Crippen LogP contribution in [0.2, 0.25) is 0 Å². The summed E-state index contributed by atoms with van der Waals surface area (Å²) in [6, 6.07) is 0. The number of rotatable bonds is 5. The van der Waals surface area contributed by atoms with Gasteiger partial charge in [0.2, 0.25) is 13.1 Å². The van der Waals surface area contributed by atoms with Crippen LogP contribution in [-0.4, -0.2) is 40.2 Å². The Kier molecular flexibility index (Phi) is 3.51. The monoisotopic (exact) mass is 179 g/mol. The van der Waals surface area contributed by atoms with Crippen molar-refractivity contribution in [3.8, 4) is 0 Å². The summed E-state index contributed by atoms with van der Waals surface area (Å²) in [5.74, 6) is 0. The van der Waals surface area contributed by atoms with Crippen molar-refractivity contribution in [1.29, 1.82) is 0 Å². The van der Waals surface area contributed by atoms with Gasteiger partial charge in [-0.05, 0) is 0 Å². The molecule has 0 aromatic carbocycles. The zero-order valence-corrected chi connectivity index (χ0v) is 6.17. The van der Waals surface area contributed by atoms with Crippen LogP contribution in [0.3, 0.4) is 0 Å². The molecule has 0 bridgehead atoms. The second-order valence-electron chi connectivity index (χ2n) is 2.50. The van der Waals surface area contributed by atoms with Crippen molar-refractivity contribution in [2.24, 2.45) is 5.73 Å². The van der Waals surface area contributed by atoms with E-state index >= 15 is 0 Å². The quantitative estimate of drug-likeness (QED) is 0.379. The van der Waals surface area contributed by atoms with Gasteiger partial charge in [-0.25, -0.2) is 0 Å². The zero-order valence-electron chi connectivity index (χ0n) is 6.17. The van der Waals surface area contributed by atoms with Crippen LogP contribution in [0.25, 0.3) is 0 Å². The van der Waals surface area contributed by atoms with Crippen molar-refractivity contribution in [1.82, 2.24) is 0 Å². The first kappa shape index (κ1) is 10.7. The summed E-state index contributed by atoms with van der Waals surface area (Å²) in [5, 5.41) is 28.4. The first-order chi connectivity index (χ1) is 5.39. The van der Waals surface area contributed by atoms with Crippen LogP contribution in [0.4, 0.5) is 0 Å². The molecule has 0 aliphatic rings. The van der Waals surface area contributed by atoms with Crippen LogP contribution >= 0.6 is 0 Å². The van der Waals surface area contributed by atoms with E-state index in [0.29, 0.717) is 0 Å². The van der Waals surface area contributed by atoms with Crippen LogP contribution in [0, 0.1) is 20.2 Å². The van der Waals surface area contributed by atoms with Gasteiger partial charge >= 0.3 is 0 Å². The third kappa shape index (κ3) is 3.78. The smallest absolute Gasteiger partial charge is 0.230 e. The van der Waals surface area contributed by atoms with E-state index in [1.807, 2.05) is 0 Å². The van der Waals surface area contributed by atoms with E-state index < -0.39 is 35.1 Å². The molecule has 12 heavy (non-hydrogen) atoms. The highest BCUT2D eigenvalue weighted by Crippen LogP contribution is 1.99. The number of aliphatic hydroxyl groups excluding tert-OH is 1. The summed E-state index contributed by atoms with van der Waals surface area (Å²) in [6.07, 6.45) is 0. The van der Waals surface area contributed by atoms with Crippen LogP contribution in [0.1, 0.15) is 0 Å². The lowest BCUT2D eigenvalue weighted by molar-refractivity contribution is -0.527. The number of aliphatic hydroxyl groups is 1. The lowest BCUT2D eigenvalue weighted by Crippen LogP contribution is -2.54. The summed E-state index contributed by atoms with van der Waals surface area (Å²) >= 11 is 0. The molecule has 0 spiro atoms. The van der Waals surface area contributed by atoms with Gasteiger partial charge in [-0.2, -0.15) is 0 Å². The second kappa shape index (κ2) is 3.93. The third-order valence-corrected chi connectivity index (χ3v) is 1.20. The molecule has 0 aliphatic heterocycles. The maximum atomic E-state index is 9.95. The Bertz CT molecular complexity index is 177. The fourth-order valence-corrected chi connectivity index (χ4v) is 0.664. The van der Waals surface area contributed by atoms with Gasteiger partial charge in [0.15, 0.2) is 5.54 Å². The Hall–Kier alpha value is -1.28. The topological polar surface area (TPSA) is 133 Å². The van der Waals surface area contributed by atoms with Crippen LogP contribution in [-0.2, 0) is 0 Å². The molecule has 0 aliphatic carbocycles. The molecular weight excluding hydrogens is 170 g/mol. The molecule has 0 aromatic rings. The molecular formula is C4H9N3O5. The number of nitrogens with two attached hydrogens (primary N) is 1. The summed E-state index contributed by atoms with van der Waals surface area (Å²) in [6.45, 7) is -2.41. The maximum absolute atomic E-state index is 9.95. The van der Waals surface area contributed by atoms with Crippen LogP contribution in [0.5, 0.6) is 0 Å². The van der Waals surface area contributed by atoms with E-state index in [0.717, 1.165) is 0 Å². The molecule has 0 rings (SSSR count). The van der Waals surface area contributed by atoms with Gasteiger partial charge < -0.3 is 10.8 Å². The molecule has 70 valence electrons. The molecule has 0 saturated heterocycles. The van der Waals surface area contributed by atoms with Crippen molar-refractivity contribution in [2.75, 3.05) is 19.7 Å². The summed E-state index contributed by atoms with van der Waals surface area (Å²) < 4.78 is 0. The highest BCUT2D eigenvalue weighted by atomic mass is 16.6. The Morgan fingerprint density at radius 3 is 1.75 bits per heavy atom. The van der Waals surface area contributed by atoms with Gasteiger partial charge in [0.25, 0.3) is 0 Å². The normalized spacial score (nSPS) is 11.2. The van der Waals surface area contributed by atoms with Crippen molar-refractivity contribution in [3.63, 3.8) is 0 Å². The highest BCUT2D eigenvalue weighted by molar-refractivity contribution is 4.81. The fraction of sp³-hybridized carbons (Fsp3) is 1.00. The fourth-order valence-electron chi connectivity index (χ4n) is 0.664. The molecule has 0 heterocycles. The number of nitrogens with zero attached hydrogens (tertiary/aromatic N) is 2. The third-order valence-electron chi connectivity index (χ3n) is 1.20. The average molecular weight is 179 g/mol. The molecule has 0 saturated carbocycles. The first-order valence-electron chi connectivity index (χ1n) is 3.03. The van der Waals surface area contributed by atoms with E-state index in [1.54, 1.807) is 0 Å². The Morgan fingerprint density at radius 2 is 1.58 bits per heavy atom. The zero-order chi connectivity index (χ0) is 9.78. The van der Waals surface area contributed by atoms with Gasteiger partial charge in [-0.1, -0.05) is 0 Å². The predicted octanol–water partition coefficient (Wildman–Crippen LogP) is -1.77. The largest absolute Gasteiger partial charge is 0.394 e. The minimum absolute atomic E-state index is 0.783. The van der Waals surface area contributed by atoms with Crippen LogP contribution in [0.15, 0.2) is 0 Å². The minimum Gasteiger partial charge on any atom is -0.394 e. The summed E-state index contributed by atoms with van der Waals surface area (Å²) in [7, 11) is 0. The van der Waals surface area contributed by atoms with Gasteiger partial charge in [0.1, 0.15) is 0 Å².